The van der Waals surface area contributed by atoms with Crippen LogP contribution in [-0.2, 0) is 14.3 Å². The van der Waals surface area contributed by atoms with Crippen LogP contribution in [0.3, 0.4) is 0 Å². The quantitative estimate of drug-likeness (QED) is 0.580. The molecule has 146 valence electrons. The molecule has 0 bridgehead atoms. The number of halogens is 1. The van der Waals surface area contributed by atoms with Gasteiger partial charge < -0.3 is 19.1 Å². The lowest BCUT2D eigenvalue weighted by Gasteiger charge is -2.30. The summed E-state index contributed by atoms with van der Waals surface area (Å²) in [5, 5.41) is 0.469. The molecule has 0 aliphatic carbocycles. The molecule has 1 amide bonds. The van der Waals surface area contributed by atoms with Gasteiger partial charge in [0.25, 0.3) is 0 Å². The third-order valence-electron chi connectivity index (χ3n) is 4.67. The molecule has 0 saturated carbocycles. The van der Waals surface area contributed by atoms with Gasteiger partial charge in [-0.05, 0) is 43.5 Å². The number of fused-ring (bicyclic) bond motifs is 1. The van der Waals surface area contributed by atoms with Crippen molar-refractivity contribution < 1.29 is 23.8 Å². The number of hydrogen-bond acceptors (Lipinski definition) is 5. The molecule has 6 nitrogen and oxygen atoms in total. The van der Waals surface area contributed by atoms with Crippen molar-refractivity contribution in [3.8, 4) is 11.5 Å². The van der Waals surface area contributed by atoms with E-state index in [0.29, 0.717) is 62.3 Å². The molecule has 0 N–H and O–H groups in total. The van der Waals surface area contributed by atoms with E-state index in [2.05, 4.69) is 0 Å². The van der Waals surface area contributed by atoms with Crippen LogP contribution in [0.2, 0.25) is 5.02 Å². The molecule has 1 aromatic rings. The van der Waals surface area contributed by atoms with Crippen molar-refractivity contribution in [2.45, 2.75) is 26.2 Å². The summed E-state index contributed by atoms with van der Waals surface area (Å²) >= 11 is 6.28. The van der Waals surface area contributed by atoms with Gasteiger partial charge in [0, 0.05) is 25.6 Å². The van der Waals surface area contributed by atoms with Crippen LogP contribution in [-0.4, -0.2) is 49.7 Å². The second-order valence-corrected chi connectivity index (χ2v) is 6.97. The average Bonchev–Trinajstić information content (AvgIpc) is 2.92. The average molecular weight is 394 g/mol. The number of rotatable bonds is 4. The number of benzene rings is 1. The Hall–Kier alpha value is -2.21. The van der Waals surface area contributed by atoms with E-state index in [1.165, 1.54) is 6.08 Å². The summed E-state index contributed by atoms with van der Waals surface area (Å²) in [6.07, 6.45) is 5.32. The molecule has 2 aliphatic heterocycles. The van der Waals surface area contributed by atoms with E-state index < -0.39 is 0 Å². The predicted molar refractivity (Wildman–Crippen MR) is 102 cm³/mol. The number of amides is 1. The van der Waals surface area contributed by atoms with E-state index in [-0.39, 0.29) is 17.8 Å². The monoisotopic (exact) mass is 393 g/mol. The van der Waals surface area contributed by atoms with E-state index in [1.807, 2.05) is 6.07 Å². The Morgan fingerprint density at radius 3 is 2.74 bits per heavy atom. The Morgan fingerprint density at radius 2 is 2.00 bits per heavy atom. The normalized spacial score (nSPS) is 17.6. The highest BCUT2D eigenvalue weighted by Gasteiger charge is 2.27. The molecular formula is C20H24ClNO5. The first-order valence-electron chi connectivity index (χ1n) is 9.31. The number of nitrogens with zero attached hydrogens (tertiary/aromatic N) is 1. The van der Waals surface area contributed by atoms with Crippen LogP contribution in [0.5, 0.6) is 11.5 Å². The lowest BCUT2D eigenvalue weighted by Crippen LogP contribution is -2.39. The number of carbonyl (C=O) groups is 2. The number of piperidine rings is 1. The van der Waals surface area contributed by atoms with Crippen LogP contribution in [0.15, 0.2) is 18.2 Å². The van der Waals surface area contributed by atoms with Crippen molar-refractivity contribution in [3.05, 3.63) is 28.8 Å². The van der Waals surface area contributed by atoms with Crippen molar-refractivity contribution in [2.75, 3.05) is 32.9 Å². The highest BCUT2D eigenvalue weighted by molar-refractivity contribution is 6.32. The molecule has 0 radical (unpaired) electrons. The summed E-state index contributed by atoms with van der Waals surface area (Å²) in [4.78, 5) is 26.0. The fourth-order valence-corrected chi connectivity index (χ4v) is 3.49. The van der Waals surface area contributed by atoms with Crippen molar-refractivity contribution in [1.29, 1.82) is 0 Å². The molecule has 0 atom stereocenters. The number of carbonyl (C=O) groups excluding carboxylic acids is 2. The summed E-state index contributed by atoms with van der Waals surface area (Å²) in [5.41, 5.74) is 0.777. The first-order chi connectivity index (χ1) is 13.1. The van der Waals surface area contributed by atoms with Crippen LogP contribution >= 0.6 is 11.6 Å². The third kappa shape index (κ3) is 4.95. The number of likely N-dealkylation sites (tertiary alicyclic amines) is 1. The van der Waals surface area contributed by atoms with Crippen molar-refractivity contribution in [1.82, 2.24) is 4.90 Å². The Labute approximate surface area is 164 Å². The molecule has 1 aromatic carbocycles. The van der Waals surface area contributed by atoms with Crippen molar-refractivity contribution in [2.24, 2.45) is 5.92 Å². The highest BCUT2D eigenvalue weighted by Crippen LogP contribution is 2.38. The standard InChI is InChI=1S/C20H24ClNO5/c1-2-25-20(24)15-6-8-22(9-7-15)18(23)5-4-14-12-16(21)19-17(13-14)26-10-3-11-27-19/h4-5,12-13,15H,2-3,6-11H2,1H3/b5-4-. The van der Waals surface area contributed by atoms with E-state index in [4.69, 9.17) is 25.8 Å². The maximum atomic E-state index is 12.4. The van der Waals surface area contributed by atoms with Gasteiger partial charge in [-0.2, -0.15) is 0 Å². The van der Waals surface area contributed by atoms with E-state index in [0.717, 1.165) is 12.0 Å². The van der Waals surface area contributed by atoms with Crippen molar-refractivity contribution >= 4 is 29.6 Å². The summed E-state index contributed by atoms with van der Waals surface area (Å²) < 4.78 is 16.3. The molecule has 7 heteroatoms. The predicted octanol–water partition coefficient (Wildman–Crippen LogP) is 3.32. The zero-order chi connectivity index (χ0) is 19.2. The Balaban J connectivity index is 1.60. The minimum absolute atomic E-state index is 0.0828. The summed E-state index contributed by atoms with van der Waals surface area (Å²) in [5.74, 6) is 0.794. The number of hydrogen-bond donors (Lipinski definition) is 0. The Bertz CT molecular complexity index is 725. The van der Waals surface area contributed by atoms with Gasteiger partial charge in [-0.25, -0.2) is 0 Å². The summed E-state index contributed by atoms with van der Waals surface area (Å²) in [6.45, 7) is 4.43. The van der Waals surface area contributed by atoms with Gasteiger partial charge >= 0.3 is 5.97 Å². The van der Waals surface area contributed by atoms with Gasteiger partial charge in [0.1, 0.15) is 0 Å². The van der Waals surface area contributed by atoms with Crippen LogP contribution in [0.4, 0.5) is 0 Å². The van der Waals surface area contributed by atoms with Crippen LogP contribution in [0.1, 0.15) is 31.7 Å². The van der Waals surface area contributed by atoms with E-state index in [9.17, 15) is 9.59 Å². The van der Waals surface area contributed by atoms with Gasteiger partial charge in [0.05, 0.1) is 30.8 Å². The maximum Gasteiger partial charge on any atom is 0.309 e. The fourth-order valence-electron chi connectivity index (χ4n) is 3.22. The lowest BCUT2D eigenvalue weighted by molar-refractivity contribution is -0.150. The van der Waals surface area contributed by atoms with Crippen LogP contribution in [0.25, 0.3) is 6.08 Å². The summed E-state index contributed by atoms with van der Waals surface area (Å²) in [6, 6.07) is 3.58. The summed E-state index contributed by atoms with van der Waals surface area (Å²) in [7, 11) is 0. The SMILES string of the molecule is CCOC(=O)C1CCN(C(=O)/C=C\c2cc(Cl)c3c(c2)OCCCO3)CC1. The first-order valence-corrected chi connectivity index (χ1v) is 9.69. The molecule has 0 unspecified atom stereocenters. The zero-order valence-electron chi connectivity index (χ0n) is 15.4. The molecule has 1 fully saturated rings. The van der Waals surface area contributed by atoms with Crippen molar-refractivity contribution in [3.63, 3.8) is 0 Å². The second kappa shape index (κ2) is 9.13. The fraction of sp³-hybridized carbons (Fsp3) is 0.500. The highest BCUT2D eigenvalue weighted by atomic mass is 35.5. The topological polar surface area (TPSA) is 65.1 Å². The van der Waals surface area contributed by atoms with Gasteiger partial charge in [-0.15, -0.1) is 0 Å². The number of ether oxygens (including phenoxy) is 3. The van der Waals surface area contributed by atoms with Crippen LogP contribution < -0.4 is 9.47 Å². The smallest absolute Gasteiger partial charge is 0.309 e. The molecule has 3 rings (SSSR count). The van der Waals surface area contributed by atoms with E-state index >= 15 is 0 Å². The van der Waals surface area contributed by atoms with Gasteiger partial charge in [0.15, 0.2) is 11.5 Å². The third-order valence-corrected chi connectivity index (χ3v) is 4.95. The molecule has 0 spiro atoms. The Morgan fingerprint density at radius 1 is 1.26 bits per heavy atom. The molecule has 2 heterocycles. The van der Waals surface area contributed by atoms with E-state index in [1.54, 1.807) is 24.0 Å². The molecule has 1 saturated heterocycles. The lowest BCUT2D eigenvalue weighted by atomic mass is 9.97. The Kier molecular flexibility index (Phi) is 6.61. The van der Waals surface area contributed by atoms with Crippen LogP contribution in [0, 0.1) is 5.92 Å². The second-order valence-electron chi connectivity index (χ2n) is 6.57. The van der Waals surface area contributed by atoms with Gasteiger partial charge in [-0.1, -0.05) is 11.6 Å². The van der Waals surface area contributed by atoms with Gasteiger partial charge in [-0.3, -0.25) is 9.59 Å². The largest absolute Gasteiger partial charge is 0.489 e. The zero-order valence-corrected chi connectivity index (χ0v) is 16.2. The molecule has 2 aliphatic rings. The molecule has 27 heavy (non-hydrogen) atoms. The molecule has 0 aromatic heterocycles. The van der Waals surface area contributed by atoms with Gasteiger partial charge in [0.2, 0.25) is 5.91 Å². The minimum Gasteiger partial charge on any atom is -0.489 e. The molecular weight excluding hydrogens is 370 g/mol. The maximum absolute atomic E-state index is 12.4. The minimum atomic E-state index is -0.165. The number of esters is 1. The first kappa shape index (κ1) is 19.5.